The molecule has 0 amide bonds. The molecule has 4 heterocycles. The zero-order chi connectivity index (χ0) is 41.0. The Kier molecular flexibility index (Phi) is 14.6. The smallest absolute Gasteiger partial charge is 0.180 e. The van der Waals surface area contributed by atoms with E-state index in [-0.39, 0.29) is 5.41 Å². The van der Waals surface area contributed by atoms with Crippen LogP contribution in [0.5, 0.6) is 11.5 Å². The zero-order valence-electron chi connectivity index (χ0n) is 35.3. The molecule has 60 heavy (non-hydrogen) atoms. The lowest BCUT2D eigenvalue weighted by Gasteiger charge is -2.31. The topological polar surface area (TPSA) is 44.2 Å². The fraction of sp³-hybridized carbons (Fsp3) is 0.358. The number of thiazole rings is 2. The summed E-state index contributed by atoms with van der Waals surface area (Å²) in [7, 11) is 0. The Morgan fingerprint density at radius 2 is 0.817 bits per heavy atom. The van der Waals surface area contributed by atoms with Crippen LogP contribution >= 0.6 is 34.0 Å². The second-order valence-corrected chi connectivity index (χ2v) is 19.6. The number of fused-ring (bicyclic) bond motifs is 1. The standard InChI is InChI=1S/C53H58N2O2S3/c1-3-5-7-9-11-19-33-53(34-20-12-10-8-6-4-2)37-56-47-48(57-38-53)50(42-31-27-40(28-32-42)46-36-55-52(59-46)44-23-17-14-18-24-44)60-49(47)41-29-25-39(26-30-41)45-35-54-51(58-45)43-21-15-13-16-22-43/h13-18,21-32,35-36H,3-12,19-20,33-34,37-38H2,1-2H3. The number of nitrogens with zero attached hydrogens (tertiary/aromatic N) is 2. The quantitative estimate of drug-likeness (QED) is 0.0717. The van der Waals surface area contributed by atoms with Crippen molar-refractivity contribution in [3.8, 4) is 74.4 Å². The van der Waals surface area contributed by atoms with Gasteiger partial charge in [-0.1, -0.05) is 200 Å². The molecule has 0 bridgehead atoms. The SMILES string of the molecule is CCCCCCCCC1(CCCCCCCC)COc2c(-c3ccc(-c4cnc(-c5ccccc5)s4)cc3)sc(-c3ccc(-c4cnc(-c5ccccc5)s4)cc3)c2OC1. The lowest BCUT2D eigenvalue weighted by Crippen LogP contribution is -2.33. The number of thiophene rings is 1. The van der Waals surface area contributed by atoms with Crippen molar-refractivity contribution in [3.63, 3.8) is 0 Å². The van der Waals surface area contributed by atoms with Gasteiger partial charge in [0, 0.05) is 28.9 Å². The van der Waals surface area contributed by atoms with Gasteiger partial charge in [-0.25, -0.2) is 9.97 Å². The molecular formula is C53H58N2O2S3. The van der Waals surface area contributed by atoms with Crippen LogP contribution in [0, 0.1) is 5.41 Å². The Morgan fingerprint density at radius 3 is 1.23 bits per heavy atom. The first kappa shape index (κ1) is 42.1. The molecule has 0 aliphatic carbocycles. The van der Waals surface area contributed by atoms with E-state index in [2.05, 4.69) is 111 Å². The second kappa shape index (κ2) is 20.8. The molecule has 0 spiro atoms. The molecule has 0 saturated heterocycles. The van der Waals surface area contributed by atoms with Gasteiger partial charge < -0.3 is 9.47 Å². The maximum atomic E-state index is 7.12. The molecule has 0 radical (unpaired) electrons. The van der Waals surface area contributed by atoms with Crippen LogP contribution in [0.1, 0.15) is 104 Å². The molecule has 7 heteroatoms. The summed E-state index contributed by atoms with van der Waals surface area (Å²) in [6, 6.07) is 38.8. The average molecular weight is 851 g/mol. The van der Waals surface area contributed by atoms with Crippen molar-refractivity contribution in [1.29, 1.82) is 0 Å². The predicted molar refractivity (Wildman–Crippen MR) is 258 cm³/mol. The molecule has 0 fully saturated rings. The van der Waals surface area contributed by atoms with E-state index in [1.165, 1.54) is 88.2 Å². The van der Waals surface area contributed by atoms with Gasteiger partial charge in [-0.15, -0.1) is 34.0 Å². The van der Waals surface area contributed by atoms with Gasteiger partial charge in [0.1, 0.15) is 10.0 Å². The highest BCUT2D eigenvalue weighted by atomic mass is 32.1. The number of hydrogen-bond donors (Lipinski definition) is 0. The second-order valence-electron chi connectivity index (χ2n) is 16.5. The Labute approximate surface area is 369 Å². The molecule has 4 nitrogen and oxygen atoms in total. The van der Waals surface area contributed by atoms with Gasteiger partial charge in [-0.3, -0.25) is 0 Å². The first-order valence-corrected chi connectivity index (χ1v) is 24.7. The van der Waals surface area contributed by atoms with Crippen LogP contribution in [0.25, 0.3) is 62.9 Å². The van der Waals surface area contributed by atoms with Gasteiger partial charge in [0.05, 0.1) is 32.7 Å². The average Bonchev–Trinajstić information content (AvgIpc) is 4.06. The number of aromatic nitrogens is 2. The van der Waals surface area contributed by atoms with E-state index in [0.29, 0.717) is 13.2 Å². The molecule has 4 aromatic carbocycles. The van der Waals surface area contributed by atoms with Crippen molar-refractivity contribution >= 4 is 34.0 Å². The summed E-state index contributed by atoms with van der Waals surface area (Å²) < 4.78 is 14.2. The van der Waals surface area contributed by atoms with Gasteiger partial charge in [-0.2, -0.15) is 0 Å². The molecule has 310 valence electrons. The fourth-order valence-corrected chi connectivity index (χ4v) is 11.4. The molecule has 3 aromatic heterocycles. The Hall–Kier alpha value is -4.56. The maximum Gasteiger partial charge on any atom is 0.180 e. The summed E-state index contributed by atoms with van der Waals surface area (Å²) in [6.07, 6.45) is 21.9. The molecule has 0 atom stereocenters. The normalized spacial score (nSPS) is 13.4. The Morgan fingerprint density at radius 1 is 0.433 bits per heavy atom. The van der Waals surface area contributed by atoms with Crippen LogP contribution in [0.3, 0.4) is 0 Å². The van der Waals surface area contributed by atoms with E-state index in [1.807, 2.05) is 24.5 Å². The summed E-state index contributed by atoms with van der Waals surface area (Å²) in [6.45, 7) is 5.99. The van der Waals surface area contributed by atoms with Crippen molar-refractivity contribution < 1.29 is 9.47 Å². The first-order chi connectivity index (χ1) is 29.6. The van der Waals surface area contributed by atoms with Crippen molar-refractivity contribution in [1.82, 2.24) is 9.97 Å². The van der Waals surface area contributed by atoms with Gasteiger partial charge in [0.15, 0.2) is 11.5 Å². The fourth-order valence-electron chi connectivity index (χ4n) is 8.33. The summed E-state index contributed by atoms with van der Waals surface area (Å²) in [5.74, 6) is 1.80. The highest BCUT2D eigenvalue weighted by Gasteiger charge is 2.37. The number of benzene rings is 4. The largest absolute Gasteiger partial charge is 0.487 e. The molecule has 0 unspecified atom stereocenters. The Bertz CT molecular complexity index is 2200. The summed E-state index contributed by atoms with van der Waals surface area (Å²) in [5, 5.41) is 2.08. The van der Waals surface area contributed by atoms with Crippen molar-refractivity contribution in [3.05, 3.63) is 122 Å². The minimum Gasteiger partial charge on any atom is -0.487 e. The highest BCUT2D eigenvalue weighted by molar-refractivity contribution is 7.20. The Balaban J connectivity index is 1.08. The summed E-state index contributed by atoms with van der Waals surface area (Å²) >= 11 is 5.25. The van der Waals surface area contributed by atoms with E-state index in [4.69, 9.17) is 19.4 Å². The van der Waals surface area contributed by atoms with Gasteiger partial charge >= 0.3 is 0 Å². The van der Waals surface area contributed by atoms with E-state index < -0.39 is 0 Å². The summed E-state index contributed by atoms with van der Waals surface area (Å²) in [5.41, 5.74) is 6.94. The van der Waals surface area contributed by atoms with E-state index >= 15 is 0 Å². The molecule has 1 aliphatic heterocycles. The third-order valence-electron chi connectivity index (χ3n) is 11.9. The number of rotatable bonds is 20. The first-order valence-electron chi connectivity index (χ1n) is 22.3. The molecule has 0 N–H and O–H groups in total. The molecule has 8 rings (SSSR count). The minimum atomic E-state index is -0.000280. The van der Waals surface area contributed by atoms with Crippen LogP contribution in [-0.4, -0.2) is 23.2 Å². The van der Waals surface area contributed by atoms with Gasteiger partial charge in [0.2, 0.25) is 0 Å². The lowest BCUT2D eigenvalue weighted by molar-refractivity contribution is 0.0784. The van der Waals surface area contributed by atoms with E-state index in [1.54, 1.807) is 34.0 Å². The minimum absolute atomic E-state index is 0.000280. The molecule has 0 saturated carbocycles. The van der Waals surface area contributed by atoms with Crippen LogP contribution in [0.4, 0.5) is 0 Å². The van der Waals surface area contributed by atoms with E-state index in [9.17, 15) is 0 Å². The monoisotopic (exact) mass is 850 g/mol. The van der Waals surface area contributed by atoms with Gasteiger partial charge in [-0.05, 0) is 35.1 Å². The summed E-state index contributed by atoms with van der Waals surface area (Å²) in [4.78, 5) is 14.1. The zero-order valence-corrected chi connectivity index (χ0v) is 37.7. The van der Waals surface area contributed by atoms with Crippen molar-refractivity contribution in [2.24, 2.45) is 5.41 Å². The van der Waals surface area contributed by atoms with Gasteiger partial charge in [0.25, 0.3) is 0 Å². The third kappa shape index (κ3) is 10.3. The third-order valence-corrected chi connectivity index (χ3v) is 15.3. The van der Waals surface area contributed by atoms with Crippen molar-refractivity contribution in [2.45, 2.75) is 104 Å². The molecule has 1 aliphatic rings. The lowest BCUT2D eigenvalue weighted by atomic mass is 9.79. The van der Waals surface area contributed by atoms with E-state index in [0.717, 1.165) is 76.1 Å². The molecular weight excluding hydrogens is 793 g/mol. The number of unbranched alkanes of at least 4 members (excludes halogenated alkanes) is 10. The highest BCUT2D eigenvalue weighted by Crippen LogP contribution is 2.55. The molecule has 7 aromatic rings. The van der Waals surface area contributed by atoms with Crippen LogP contribution in [-0.2, 0) is 0 Å². The maximum absolute atomic E-state index is 7.12. The number of ether oxygens (including phenoxy) is 2. The van der Waals surface area contributed by atoms with Crippen LogP contribution < -0.4 is 9.47 Å². The van der Waals surface area contributed by atoms with Crippen LogP contribution in [0.15, 0.2) is 122 Å². The predicted octanol–water partition coefficient (Wildman–Crippen LogP) is 16.9. The van der Waals surface area contributed by atoms with Crippen molar-refractivity contribution in [2.75, 3.05) is 13.2 Å². The van der Waals surface area contributed by atoms with Crippen LogP contribution in [0.2, 0.25) is 0 Å². The number of hydrogen-bond acceptors (Lipinski definition) is 7.